The van der Waals surface area contributed by atoms with Crippen LogP contribution in [0.15, 0.2) is 35.4 Å². The predicted molar refractivity (Wildman–Crippen MR) is 58.3 cm³/mol. The molecule has 0 saturated heterocycles. The number of aliphatic carboxylic acids is 1. The first-order valence-corrected chi connectivity index (χ1v) is 5.94. The molecule has 0 fully saturated rings. The van der Waals surface area contributed by atoms with Gasteiger partial charge in [0.05, 0.1) is 5.75 Å². The van der Waals surface area contributed by atoms with Crippen molar-refractivity contribution in [3.05, 3.63) is 35.9 Å². The molecule has 0 aromatic heterocycles. The van der Waals surface area contributed by atoms with E-state index in [4.69, 9.17) is 5.11 Å². The summed E-state index contributed by atoms with van der Waals surface area (Å²) in [4.78, 5) is 11.9. The van der Waals surface area contributed by atoms with E-state index in [1.54, 1.807) is 35.2 Å². The number of carbonyl (C=O) groups is 1. The van der Waals surface area contributed by atoms with Gasteiger partial charge in [0.15, 0.2) is 0 Å². The molecule has 0 aliphatic rings. The highest BCUT2D eigenvalue weighted by atomic mass is 32.2. The van der Waals surface area contributed by atoms with Crippen LogP contribution in [0.25, 0.3) is 0 Å². The van der Waals surface area contributed by atoms with Crippen LogP contribution in [0.1, 0.15) is 5.56 Å². The largest absolute Gasteiger partial charge is 0.477 e. The number of sulfonamides is 1. The third-order valence-corrected chi connectivity index (χ3v) is 2.66. The van der Waals surface area contributed by atoms with Gasteiger partial charge in [-0.3, -0.25) is 0 Å². The highest BCUT2D eigenvalue weighted by Gasteiger charge is 2.09. The third-order valence-electron chi connectivity index (χ3n) is 1.57. The molecule has 0 unspecified atom stereocenters. The molecule has 0 radical (unpaired) electrons. The number of nitrogens with zero attached hydrogens (tertiary/aromatic N) is 1. The Morgan fingerprint density at radius 3 is 2.56 bits per heavy atom. The van der Waals surface area contributed by atoms with Gasteiger partial charge in [-0.1, -0.05) is 30.3 Å². The summed E-state index contributed by atoms with van der Waals surface area (Å²) in [5.41, 5.74) is 0.598. The van der Waals surface area contributed by atoms with Crippen LogP contribution in [0.5, 0.6) is 0 Å². The standard InChI is InChI=1S/C9H10N2O4S/c12-9(13)6-10-11-16(14,15)7-8-4-2-1-3-5-8/h1-6,11H,7H2,(H,12,13)/b10-6+. The second-order valence-corrected chi connectivity index (χ2v) is 4.63. The van der Waals surface area contributed by atoms with Gasteiger partial charge < -0.3 is 5.11 Å². The average molecular weight is 242 g/mol. The van der Waals surface area contributed by atoms with Gasteiger partial charge in [0.2, 0.25) is 0 Å². The van der Waals surface area contributed by atoms with E-state index in [9.17, 15) is 13.2 Å². The first-order chi connectivity index (χ1) is 7.49. The number of nitrogens with one attached hydrogen (secondary N) is 1. The minimum absolute atomic E-state index is 0.245. The summed E-state index contributed by atoms with van der Waals surface area (Å²) in [6, 6.07) is 8.50. The third kappa shape index (κ3) is 4.56. The molecule has 0 aliphatic carbocycles. The van der Waals surface area contributed by atoms with Crippen LogP contribution in [0.4, 0.5) is 0 Å². The molecule has 0 spiro atoms. The maximum atomic E-state index is 11.4. The monoisotopic (exact) mass is 242 g/mol. The molecule has 86 valence electrons. The molecule has 0 bridgehead atoms. The Labute approximate surface area is 92.7 Å². The molecule has 0 atom stereocenters. The minimum Gasteiger partial charge on any atom is -0.477 e. The summed E-state index contributed by atoms with van der Waals surface area (Å²) in [6.45, 7) is 0. The lowest BCUT2D eigenvalue weighted by Gasteiger charge is -2.02. The molecular formula is C9H10N2O4S. The number of benzene rings is 1. The fourth-order valence-electron chi connectivity index (χ4n) is 0.988. The van der Waals surface area contributed by atoms with Gasteiger partial charge in [0.1, 0.15) is 6.21 Å². The Balaban J connectivity index is 2.63. The van der Waals surface area contributed by atoms with Crippen LogP contribution in [-0.2, 0) is 20.6 Å². The zero-order valence-corrected chi connectivity index (χ0v) is 9.02. The second kappa shape index (κ2) is 5.26. The number of hydrazone groups is 1. The van der Waals surface area contributed by atoms with Crippen molar-refractivity contribution in [3.63, 3.8) is 0 Å². The molecule has 1 rings (SSSR count). The lowest BCUT2D eigenvalue weighted by atomic mass is 10.2. The molecular weight excluding hydrogens is 232 g/mol. The summed E-state index contributed by atoms with van der Waals surface area (Å²) >= 11 is 0. The first kappa shape index (κ1) is 12.2. The maximum Gasteiger partial charge on any atom is 0.348 e. The minimum atomic E-state index is -3.64. The number of hydrogen-bond acceptors (Lipinski definition) is 4. The first-order valence-electron chi connectivity index (χ1n) is 4.29. The summed E-state index contributed by atoms with van der Waals surface area (Å²) < 4.78 is 22.7. The van der Waals surface area contributed by atoms with E-state index in [0.29, 0.717) is 11.8 Å². The van der Waals surface area contributed by atoms with Crippen molar-refractivity contribution in [3.8, 4) is 0 Å². The molecule has 6 nitrogen and oxygen atoms in total. The molecule has 1 aromatic carbocycles. The van der Waals surface area contributed by atoms with Crippen LogP contribution < -0.4 is 4.83 Å². The van der Waals surface area contributed by atoms with Gasteiger partial charge >= 0.3 is 5.97 Å². The van der Waals surface area contributed by atoms with Crippen molar-refractivity contribution in [2.75, 3.05) is 0 Å². The van der Waals surface area contributed by atoms with E-state index in [1.165, 1.54) is 0 Å². The van der Waals surface area contributed by atoms with E-state index in [2.05, 4.69) is 5.10 Å². The summed E-state index contributed by atoms with van der Waals surface area (Å²) in [5.74, 6) is -1.56. The predicted octanol–water partition coefficient (Wildman–Crippen LogP) is 0.176. The van der Waals surface area contributed by atoms with Crippen molar-refractivity contribution >= 4 is 22.2 Å². The van der Waals surface area contributed by atoms with Crippen LogP contribution in [0.2, 0.25) is 0 Å². The Bertz CT molecular complexity index is 481. The molecule has 0 saturated carbocycles. The van der Waals surface area contributed by atoms with E-state index >= 15 is 0 Å². The SMILES string of the molecule is O=C(O)/C=N/NS(=O)(=O)Cc1ccccc1. The highest BCUT2D eigenvalue weighted by molar-refractivity contribution is 7.88. The van der Waals surface area contributed by atoms with E-state index < -0.39 is 16.0 Å². The highest BCUT2D eigenvalue weighted by Crippen LogP contribution is 2.03. The summed E-state index contributed by atoms with van der Waals surface area (Å²) in [7, 11) is -3.64. The maximum absolute atomic E-state index is 11.4. The van der Waals surface area contributed by atoms with Gasteiger partial charge in [-0.15, -0.1) is 0 Å². The number of hydrogen-bond donors (Lipinski definition) is 2. The fourth-order valence-corrected chi connectivity index (χ4v) is 1.90. The smallest absolute Gasteiger partial charge is 0.348 e. The Kier molecular flexibility index (Phi) is 4.01. The molecule has 0 heterocycles. The number of rotatable bonds is 5. The average Bonchev–Trinajstić information content (AvgIpc) is 2.17. The van der Waals surface area contributed by atoms with Crippen molar-refractivity contribution in [2.45, 2.75) is 5.75 Å². The quantitative estimate of drug-likeness (QED) is 0.568. The van der Waals surface area contributed by atoms with E-state index in [0.717, 1.165) is 0 Å². The van der Waals surface area contributed by atoms with E-state index in [1.807, 2.05) is 0 Å². The molecule has 2 N–H and O–H groups in total. The Morgan fingerprint density at radius 1 is 1.38 bits per heavy atom. The van der Waals surface area contributed by atoms with Gasteiger partial charge in [-0.25, -0.2) is 18.0 Å². The van der Waals surface area contributed by atoms with Gasteiger partial charge in [0, 0.05) is 0 Å². The van der Waals surface area contributed by atoms with Crippen LogP contribution in [0.3, 0.4) is 0 Å². The van der Waals surface area contributed by atoms with Crippen molar-refractivity contribution in [2.24, 2.45) is 5.10 Å². The zero-order chi connectivity index (χ0) is 12.0. The number of carboxylic acid groups (broad SMARTS) is 1. The molecule has 1 aromatic rings. The van der Waals surface area contributed by atoms with Crippen LogP contribution in [0, 0.1) is 0 Å². The normalized spacial score (nSPS) is 11.5. The lowest BCUT2D eigenvalue weighted by Crippen LogP contribution is -2.20. The van der Waals surface area contributed by atoms with Crippen LogP contribution >= 0.6 is 0 Å². The van der Waals surface area contributed by atoms with Gasteiger partial charge in [-0.2, -0.15) is 5.10 Å². The fraction of sp³-hybridized carbons (Fsp3) is 0.111. The van der Waals surface area contributed by atoms with Gasteiger partial charge in [0.25, 0.3) is 10.0 Å². The Morgan fingerprint density at radius 2 is 2.00 bits per heavy atom. The number of carboxylic acids is 1. The topological polar surface area (TPSA) is 95.8 Å². The Hall–Kier alpha value is -1.89. The summed E-state index contributed by atoms with van der Waals surface area (Å²) in [6.07, 6.45) is 0.475. The van der Waals surface area contributed by atoms with Gasteiger partial charge in [-0.05, 0) is 5.56 Å². The molecule has 0 amide bonds. The molecule has 0 aliphatic heterocycles. The van der Waals surface area contributed by atoms with Crippen LogP contribution in [-0.4, -0.2) is 25.7 Å². The van der Waals surface area contributed by atoms with E-state index in [-0.39, 0.29) is 5.75 Å². The zero-order valence-electron chi connectivity index (χ0n) is 8.20. The molecule has 7 heteroatoms. The van der Waals surface area contributed by atoms with Crippen molar-refractivity contribution < 1.29 is 18.3 Å². The van der Waals surface area contributed by atoms with Crippen molar-refractivity contribution in [1.29, 1.82) is 0 Å². The summed E-state index contributed by atoms with van der Waals surface area (Å²) in [5, 5.41) is 11.3. The molecule has 16 heavy (non-hydrogen) atoms. The van der Waals surface area contributed by atoms with Crippen molar-refractivity contribution in [1.82, 2.24) is 4.83 Å². The second-order valence-electron chi connectivity index (χ2n) is 2.93. The lowest BCUT2D eigenvalue weighted by molar-refractivity contribution is -0.128.